The zero-order chi connectivity index (χ0) is 13.9. The fourth-order valence-corrected chi connectivity index (χ4v) is 2.53. The molecule has 104 valence electrons. The molecule has 0 bridgehead atoms. The molecule has 6 heteroatoms. The predicted octanol–water partition coefficient (Wildman–Crippen LogP) is 1.43. The molecule has 3 rings (SSSR count). The second-order valence-electron chi connectivity index (χ2n) is 4.86. The third-order valence-corrected chi connectivity index (χ3v) is 3.49. The van der Waals surface area contributed by atoms with E-state index in [2.05, 4.69) is 44.5 Å². The molecular weight excluding hydrogens is 254 g/mol. The number of anilines is 2. The number of nitrogens with one attached hydrogen (secondary N) is 1. The summed E-state index contributed by atoms with van der Waals surface area (Å²) >= 11 is 0. The smallest absolute Gasteiger partial charge is 0.322 e. The van der Waals surface area contributed by atoms with Crippen LogP contribution in [0.2, 0.25) is 0 Å². The summed E-state index contributed by atoms with van der Waals surface area (Å²) in [7, 11) is 1.51. The van der Waals surface area contributed by atoms with E-state index in [0.29, 0.717) is 12.0 Å². The SMILES string of the molecule is COc1nc(N)nc(NC2CCc3ccccc3C2)n1. The Balaban J connectivity index is 1.75. The largest absolute Gasteiger partial charge is 0.467 e. The van der Waals surface area contributed by atoms with Crippen molar-refractivity contribution in [2.75, 3.05) is 18.2 Å². The molecule has 1 aromatic heterocycles. The first-order chi connectivity index (χ1) is 9.74. The van der Waals surface area contributed by atoms with Gasteiger partial charge in [0.15, 0.2) is 0 Å². The van der Waals surface area contributed by atoms with Crippen molar-refractivity contribution in [2.45, 2.75) is 25.3 Å². The minimum absolute atomic E-state index is 0.163. The highest BCUT2D eigenvalue weighted by molar-refractivity contribution is 5.37. The lowest BCUT2D eigenvalue weighted by Crippen LogP contribution is -2.28. The van der Waals surface area contributed by atoms with Crippen LogP contribution in [0.3, 0.4) is 0 Å². The van der Waals surface area contributed by atoms with Crippen molar-refractivity contribution < 1.29 is 4.74 Å². The van der Waals surface area contributed by atoms with Crippen LogP contribution in [-0.2, 0) is 12.8 Å². The van der Waals surface area contributed by atoms with Gasteiger partial charge in [0, 0.05) is 6.04 Å². The van der Waals surface area contributed by atoms with E-state index in [-0.39, 0.29) is 12.0 Å². The Hall–Kier alpha value is -2.37. The molecule has 1 aliphatic rings. The van der Waals surface area contributed by atoms with Crippen molar-refractivity contribution in [3.63, 3.8) is 0 Å². The van der Waals surface area contributed by atoms with Gasteiger partial charge in [0.1, 0.15) is 0 Å². The molecule has 0 amide bonds. The van der Waals surface area contributed by atoms with Crippen molar-refractivity contribution in [2.24, 2.45) is 0 Å². The molecule has 0 spiro atoms. The topological polar surface area (TPSA) is 86.0 Å². The number of fused-ring (bicyclic) bond motifs is 1. The molecule has 1 aromatic carbocycles. The van der Waals surface area contributed by atoms with Gasteiger partial charge in [-0.2, -0.15) is 15.0 Å². The second-order valence-corrected chi connectivity index (χ2v) is 4.86. The summed E-state index contributed by atoms with van der Waals surface area (Å²) in [5.74, 6) is 0.634. The van der Waals surface area contributed by atoms with E-state index in [0.717, 1.165) is 19.3 Å². The lowest BCUT2D eigenvalue weighted by Gasteiger charge is -2.25. The van der Waals surface area contributed by atoms with Crippen LogP contribution in [0.5, 0.6) is 6.01 Å². The van der Waals surface area contributed by atoms with E-state index in [1.165, 1.54) is 18.2 Å². The van der Waals surface area contributed by atoms with E-state index < -0.39 is 0 Å². The summed E-state index contributed by atoms with van der Waals surface area (Å²) in [4.78, 5) is 12.1. The third kappa shape index (κ3) is 2.64. The average Bonchev–Trinajstić information content (AvgIpc) is 2.46. The van der Waals surface area contributed by atoms with Crippen LogP contribution in [0.15, 0.2) is 24.3 Å². The normalized spacial score (nSPS) is 17.4. The molecule has 0 saturated carbocycles. The maximum absolute atomic E-state index is 5.63. The molecule has 0 saturated heterocycles. The number of aromatic nitrogens is 3. The summed E-state index contributed by atoms with van der Waals surface area (Å²) < 4.78 is 5.00. The molecule has 3 N–H and O–H groups in total. The van der Waals surface area contributed by atoms with Crippen LogP contribution in [0.4, 0.5) is 11.9 Å². The monoisotopic (exact) mass is 271 g/mol. The number of nitrogens with two attached hydrogens (primary N) is 1. The Morgan fingerprint density at radius 3 is 2.80 bits per heavy atom. The Morgan fingerprint density at radius 2 is 2.00 bits per heavy atom. The van der Waals surface area contributed by atoms with Crippen LogP contribution in [0, 0.1) is 0 Å². The van der Waals surface area contributed by atoms with Gasteiger partial charge in [-0.1, -0.05) is 24.3 Å². The fraction of sp³-hybridized carbons (Fsp3) is 0.357. The van der Waals surface area contributed by atoms with E-state index in [9.17, 15) is 0 Å². The van der Waals surface area contributed by atoms with Crippen LogP contribution >= 0.6 is 0 Å². The molecule has 0 aliphatic heterocycles. The molecule has 0 radical (unpaired) electrons. The van der Waals surface area contributed by atoms with Gasteiger partial charge >= 0.3 is 6.01 Å². The van der Waals surface area contributed by atoms with Crippen molar-refractivity contribution in [1.29, 1.82) is 0 Å². The van der Waals surface area contributed by atoms with Crippen LogP contribution < -0.4 is 15.8 Å². The first-order valence-corrected chi connectivity index (χ1v) is 6.63. The molecule has 1 unspecified atom stereocenters. The van der Waals surface area contributed by atoms with Gasteiger partial charge in [-0.05, 0) is 30.4 Å². The summed E-state index contributed by atoms with van der Waals surface area (Å²) in [6.07, 6.45) is 3.07. The Morgan fingerprint density at radius 1 is 1.20 bits per heavy atom. The number of aryl methyl sites for hydroxylation is 1. The third-order valence-electron chi connectivity index (χ3n) is 3.49. The zero-order valence-corrected chi connectivity index (χ0v) is 11.3. The van der Waals surface area contributed by atoms with Gasteiger partial charge in [-0.25, -0.2) is 0 Å². The van der Waals surface area contributed by atoms with Gasteiger partial charge < -0.3 is 15.8 Å². The number of nitrogen functional groups attached to an aromatic ring is 1. The molecule has 1 atom stereocenters. The van der Waals surface area contributed by atoms with Crippen molar-refractivity contribution in [1.82, 2.24) is 15.0 Å². The zero-order valence-electron chi connectivity index (χ0n) is 11.3. The number of benzene rings is 1. The maximum atomic E-state index is 5.63. The van der Waals surface area contributed by atoms with Gasteiger partial charge in [0.2, 0.25) is 11.9 Å². The van der Waals surface area contributed by atoms with Crippen LogP contribution in [0.25, 0.3) is 0 Å². The lowest BCUT2D eigenvalue weighted by atomic mass is 9.88. The lowest BCUT2D eigenvalue weighted by molar-refractivity contribution is 0.379. The number of hydrogen-bond donors (Lipinski definition) is 2. The second kappa shape index (κ2) is 5.32. The van der Waals surface area contributed by atoms with E-state index in [1.54, 1.807) is 0 Å². The highest BCUT2D eigenvalue weighted by atomic mass is 16.5. The van der Waals surface area contributed by atoms with Gasteiger partial charge in [0.05, 0.1) is 7.11 Å². The van der Waals surface area contributed by atoms with E-state index >= 15 is 0 Å². The van der Waals surface area contributed by atoms with Gasteiger partial charge in [-0.15, -0.1) is 0 Å². The molecule has 2 aromatic rings. The highest BCUT2D eigenvalue weighted by Crippen LogP contribution is 2.23. The number of hydrogen-bond acceptors (Lipinski definition) is 6. The standard InChI is InChI=1S/C14H17N5O/c1-20-14-18-12(15)17-13(19-14)16-11-7-6-9-4-2-3-5-10(9)8-11/h2-5,11H,6-8H2,1H3,(H3,15,16,17,18,19). The molecule has 6 nitrogen and oxygen atoms in total. The number of nitrogens with zero attached hydrogens (tertiary/aromatic N) is 3. The summed E-state index contributed by atoms with van der Waals surface area (Å²) in [6.45, 7) is 0. The molecule has 0 fully saturated rings. The van der Waals surface area contributed by atoms with Gasteiger partial charge in [0.25, 0.3) is 0 Å². The quantitative estimate of drug-likeness (QED) is 0.878. The maximum Gasteiger partial charge on any atom is 0.322 e. The molecule has 20 heavy (non-hydrogen) atoms. The summed E-state index contributed by atoms with van der Waals surface area (Å²) in [5.41, 5.74) is 8.44. The van der Waals surface area contributed by atoms with Crippen molar-refractivity contribution >= 4 is 11.9 Å². The fourth-order valence-electron chi connectivity index (χ4n) is 2.53. The predicted molar refractivity (Wildman–Crippen MR) is 76.7 cm³/mol. The summed E-state index contributed by atoms with van der Waals surface area (Å²) in [5, 5.41) is 3.32. The minimum atomic E-state index is 0.163. The first-order valence-electron chi connectivity index (χ1n) is 6.63. The Kier molecular flexibility index (Phi) is 3.37. The van der Waals surface area contributed by atoms with Crippen molar-refractivity contribution in [3.05, 3.63) is 35.4 Å². The van der Waals surface area contributed by atoms with Crippen molar-refractivity contribution in [3.8, 4) is 6.01 Å². The Labute approximate surface area is 117 Å². The first kappa shape index (κ1) is 12.7. The Bertz CT molecular complexity index is 616. The molecular formula is C14H17N5O. The summed E-state index contributed by atoms with van der Waals surface area (Å²) in [6, 6.07) is 9.06. The average molecular weight is 271 g/mol. The van der Waals surface area contributed by atoms with Crippen LogP contribution in [-0.4, -0.2) is 28.1 Å². The molecule has 1 aliphatic carbocycles. The van der Waals surface area contributed by atoms with Gasteiger partial charge in [-0.3, -0.25) is 0 Å². The number of methoxy groups -OCH3 is 1. The molecule has 1 heterocycles. The van der Waals surface area contributed by atoms with Crippen LogP contribution in [0.1, 0.15) is 17.5 Å². The number of ether oxygens (including phenoxy) is 1. The number of rotatable bonds is 3. The van der Waals surface area contributed by atoms with E-state index in [1.807, 2.05) is 0 Å². The highest BCUT2D eigenvalue weighted by Gasteiger charge is 2.19. The minimum Gasteiger partial charge on any atom is -0.467 e. The van der Waals surface area contributed by atoms with E-state index in [4.69, 9.17) is 10.5 Å².